The van der Waals surface area contributed by atoms with E-state index in [1.807, 2.05) is 31.2 Å². The summed E-state index contributed by atoms with van der Waals surface area (Å²) in [5, 5.41) is 0. The Morgan fingerprint density at radius 2 is 1.79 bits per heavy atom. The highest BCUT2D eigenvalue weighted by molar-refractivity contribution is 7.89. The van der Waals surface area contributed by atoms with Gasteiger partial charge in [0.05, 0.1) is 7.11 Å². The Kier molecular flexibility index (Phi) is 6.52. The van der Waals surface area contributed by atoms with E-state index in [-0.39, 0.29) is 22.1 Å². The highest BCUT2D eigenvalue weighted by Gasteiger charge is 2.27. The van der Waals surface area contributed by atoms with E-state index in [0.717, 1.165) is 11.1 Å². The maximum Gasteiger partial charge on any atom is 0.253 e. The number of rotatable bonds is 6. The third-order valence-electron chi connectivity index (χ3n) is 4.16. The lowest BCUT2D eigenvalue weighted by atomic mass is 10.1. The number of nitrogens with one attached hydrogen (secondary N) is 1. The van der Waals surface area contributed by atoms with Crippen molar-refractivity contribution in [2.24, 2.45) is 0 Å². The molecule has 28 heavy (non-hydrogen) atoms. The molecule has 2 rings (SSSR count). The van der Waals surface area contributed by atoms with E-state index in [1.165, 1.54) is 19.2 Å². The first-order chi connectivity index (χ1) is 12.9. The molecule has 0 fully saturated rings. The Balaban J connectivity index is 2.36. The Morgan fingerprint density at radius 3 is 2.36 bits per heavy atom. The molecule has 0 aliphatic carbocycles. The fourth-order valence-corrected chi connectivity index (χ4v) is 4.43. The monoisotopic (exact) mass is 404 g/mol. The fraction of sp³-hybridized carbons (Fsp3) is 0.381. The molecule has 0 aliphatic heterocycles. The molecule has 0 atom stereocenters. The number of carbonyl (C=O) groups is 1. The molecule has 1 N–H and O–H groups in total. The first-order valence-corrected chi connectivity index (χ1v) is 10.4. The van der Waals surface area contributed by atoms with Crippen molar-refractivity contribution in [2.75, 3.05) is 14.2 Å². The first-order valence-electron chi connectivity index (χ1n) is 8.96. The number of sulfonamides is 1. The fourth-order valence-electron chi connectivity index (χ4n) is 2.81. The Morgan fingerprint density at radius 1 is 1.14 bits per heavy atom. The molecule has 0 spiro atoms. The van der Waals surface area contributed by atoms with Gasteiger partial charge in [0.15, 0.2) is 0 Å². The smallest absolute Gasteiger partial charge is 0.253 e. The van der Waals surface area contributed by atoms with Crippen LogP contribution in [-0.4, -0.2) is 38.9 Å². The van der Waals surface area contributed by atoms with E-state index in [1.54, 1.807) is 38.8 Å². The maximum atomic E-state index is 12.9. The molecular weight excluding hydrogens is 376 g/mol. The van der Waals surface area contributed by atoms with Crippen LogP contribution in [0.25, 0.3) is 0 Å². The summed E-state index contributed by atoms with van der Waals surface area (Å²) in [6, 6.07) is 12.3. The zero-order chi connectivity index (χ0) is 21.1. The first kappa shape index (κ1) is 21.9. The third kappa shape index (κ3) is 5.33. The van der Waals surface area contributed by atoms with Crippen LogP contribution < -0.4 is 9.46 Å². The van der Waals surface area contributed by atoms with Crippen molar-refractivity contribution in [3.63, 3.8) is 0 Å². The molecule has 0 aromatic heterocycles. The van der Waals surface area contributed by atoms with Gasteiger partial charge in [-0.15, -0.1) is 0 Å². The van der Waals surface area contributed by atoms with E-state index in [2.05, 4.69) is 4.72 Å². The summed E-state index contributed by atoms with van der Waals surface area (Å²) in [6.07, 6.45) is 0. The summed E-state index contributed by atoms with van der Waals surface area (Å²) in [5.41, 5.74) is 1.75. The van der Waals surface area contributed by atoms with Gasteiger partial charge in [-0.25, -0.2) is 13.1 Å². The second-order valence-electron chi connectivity index (χ2n) is 7.81. The van der Waals surface area contributed by atoms with Crippen molar-refractivity contribution in [1.29, 1.82) is 0 Å². The average molecular weight is 405 g/mol. The van der Waals surface area contributed by atoms with Crippen LogP contribution in [0.4, 0.5) is 0 Å². The lowest BCUT2D eigenvalue weighted by Crippen LogP contribution is -2.40. The van der Waals surface area contributed by atoms with Crippen LogP contribution in [0.2, 0.25) is 0 Å². The second-order valence-corrected chi connectivity index (χ2v) is 9.46. The molecule has 7 heteroatoms. The van der Waals surface area contributed by atoms with Gasteiger partial charge in [-0.1, -0.05) is 24.3 Å². The van der Waals surface area contributed by atoms with E-state index < -0.39 is 15.6 Å². The van der Waals surface area contributed by atoms with Gasteiger partial charge in [0.2, 0.25) is 10.0 Å². The molecule has 0 heterocycles. The summed E-state index contributed by atoms with van der Waals surface area (Å²) >= 11 is 0. The lowest BCUT2D eigenvalue weighted by Gasteiger charge is -2.22. The van der Waals surface area contributed by atoms with E-state index in [0.29, 0.717) is 6.54 Å². The topological polar surface area (TPSA) is 75.7 Å². The van der Waals surface area contributed by atoms with Crippen LogP contribution in [0.15, 0.2) is 47.4 Å². The summed E-state index contributed by atoms with van der Waals surface area (Å²) in [6.45, 7) is 7.68. The van der Waals surface area contributed by atoms with E-state index in [4.69, 9.17) is 4.74 Å². The zero-order valence-corrected chi connectivity index (χ0v) is 18.1. The third-order valence-corrected chi connectivity index (χ3v) is 5.94. The molecule has 2 aromatic rings. The summed E-state index contributed by atoms with van der Waals surface area (Å²) < 4.78 is 33.4. The quantitative estimate of drug-likeness (QED) is 0.801. The van der Waals surface area contributed by atoms with Gasteiger partial charge in [0, 0.05) is 24.7 Å². The number of nitrogens with zero attached hydrogens (tertiary/aromatic N) is 1. The Hall–Kier alpha value is -2.38. The van der Waals surface area contributed by atoms with Gasteiger partial charge >= 0.3 is 0 Å². The van der Waals surface area contributed by atoms with Crippen LogP contribution in [0.5, 0.6) is 5.75 Å². The minimum absolute atomic E-state index is 0.0555. The number of amides is 1. The number of methoxy groups -OCH3 is 1. The van der Waals surface area contributed by atoms with Crippen LogP contribution in [0.3, 0.4) is 0 Å². The van der Waals surface area contributed by atoms with Gasteiger partial charge in [-0.05, 0) is 57.0 Å². The minimum Gasteiger partial charge on any atom is -0.495 e. The van der Waals surface area contributed by atoms with Crippen molar-refractivity contribution in [3.8, 4) is 5.75 Å². The minimum atomic E-state index is -3.85. The van der Waals surface area contributed by atoms with Crippen LogP contribution >= 0.6 is 0 Å². The van der Waals surface area contributed by atoms with Crippen LogP contribution in [0.1, 0.15) is 42.3 Å². The summed E-state index contributed by atoms with van der Waals surface area (Å²) in [5.74, 6) is -0.0760. The molecular formula is C21H28N2O4S. The predicted octanol–water partition coefficient (Wildman–Crippen LogP) is 3.35. The molecule has 1 amide bonds. The van der Waals surface area contributed by atoms with E-state index in [9.17, 15) is 13.2 Å². The van der Waals surface area contributed by atoms with Gasteiger partial charge in [-0.2, -0.15) is 0 Å². The van der Waals surface area contributed by atoms with Crippen molar-refractivity contribution >= 4 is 15.9 Å². The van der Waals surface area contributed by atoms with Crippen LogP contribution in [-0.2, 0) is 16.6 Å². The summed E-state index contributed by atoms with van der Waals surface area (Å²) in [4.78, 5) is 14.4. The molecule has 152 valence electrons. The number of carbonyl (C=O) groups excluding carboxylic acids is 1. The van der Waals surface area contributed by atoms with Crippen molar-refractivity contribution in [1.82, 2.24) is 9.62 Å². The van der Waals surface area contributed by atoms with Crippen molar-refractivity contribution in [2.45, 2.75) is 44.7 Å². The molecule has 6 nitrogen and oxygen atoms in total. The van der Waals surface area contributed by atoms with Crippen molar-refractivity contribution < 1.29 is 17.9 Å². The number of aryl methyl sites for hydroxylation is 1. The molecule has 0 unspecified atom stereocenters. The van der Waals surface area contributed by atoms with Gasteiger partial charge in [0.1, 0.15) is 10.6 Å². The number of hydrogen-bond acceptors (Lipinski definition) is 4. The summed E-state index contributed by atoms with van der Waals surface area (Å²) in [7, 11) is -0.759. The molecule has 0 bridgehead atoms. The average Bonchev–Trinajstić information content (AvgIpc) is 2.60. The highest BCUT2D eigenvalue weighted by Crippen LogP contribution is 2.26. The SMILES string of the molecule is COc1ccc(C(=O)N(C)Cc2ccccc2C)cc1S(=O)(=O)NC(C)(C)C. The number of ether oxygens (including phenoxy) is 1. The Labute approximate surface area is 167 Å². The Bertz CT molecular complexity index is 963. The van der Waals surface area contributed by atoms with Gasteiger partial charge < -0.3 is 9.64 Å². The largest absolute Gasteiger partial charge is 0.495 e. The standard InChI is InChI=1S/C21H28N2O4S/c1-15-9-7-8-10-17(15)14-23(5)20(24)16-11-12-18(27-6)19(13-16)28(25,26)22-21(2,3)4/h7-13,22H,14H2,1-6H3. The molecule has 0 aliphatic rings. The van der Waals surface area contributed by atoms with Gasteiger partial charge in [0.25, 0.3) is 5.91 Å². The number of benzene rings is 2. The molecule has 0 saturated carbocycles. The zero-order valence-electron chi connectivity index (χ0n) is 17.2. The second kappa shape index (κ2) is 8.32. The highest BCUT2D eigenvalue weighted by atomic mass is 32.2. The lowest BCUT2D eigenvalue weighted by molar-refractivity contribution is 0.0784. The van der Waals surface area contributed by atoms with Gasteiger partial charge in [-0.3, -0.25) is 4.79 Å². The van der Waals surface area contributed by atoms with Crippen LogP contribution in [0, 0.1) is 6.92 Å². The number of hydrogen-bond donors (Lipinski definition) is 1. The normalized spacial score (nSPS) is 11.9. The molecule has 2 aromatic carbocycles. The van der Waals surface area contributed by atoms with E-state index >= 15 is 0 Å². The van der Waals surface area contributed by atoms with Crippen molar-refractivity contribution in [3.05, 3.63) is 59.2 Å². The molecule has 0 radical (unpaired) electrons. The molecule has 0 saturated heterocycles. The predicted molar refractivity (Wildman–Crippen MR) is 110 cm³/mol. The maximum absolute atomic E-state index is 12.9.